The minimum absolute atomic E-state index is 0.0541. The third-order valence-electron chi connectivity index (χ3n) is 3.66. The molecular formula is C15H17FN2OS. The van der Waals surface area contributed by atoms with Crippen LogP contribution in [0.5, 0.6) is 5.75 Å². The molecule has 20 heavy (non-hydrogen) atoms. The average Bonchev–Trinajstić information content (AvgIpc) is 2.98. The molecule has 2 heterocycles. The molecule has 0 bridgehead atoms. The molecule has 0 radical (unpaired) electrons. The lowest BCUT2D eigenvalue weighted by atomic mass is 9.98. The van der Waals surface area contributed by atoms with Gasteiger partial charge < -0.3 is 10.4 Å². The Balaban J connectivity index is 1.98. The number of phenols is 1. The quantitative estimate of drug-likeness (QED) is 0.913. The lowest BCUT2D eigenvalue weighted by molar-refractivity contribution is 0.198. The number of benzene rings is 1. The normalized spacial score (nSPS) is 18.1. The van der Waals surface area contributed by atoms with E-state index >= 15 is 0 Å². The topological polar surface area (TPSA) is 35.5 Å². The maximum atomic E-state index is 13.7. The predicted octanol–water partition coefficient (Wildman–Crippen LogP) is 2.59. The van der Waals surface area contributed by atoms with E-state index in [0.717, 1.165) is 31.7 Å². The second-order valence-electron chi connectivity index (χ2n) is 4.96. The van der Waals surface area contributed by atoms with Crippen molar-refractivity contribution >= 4 is 11.3 Å². The van der Waals surface area contributed by atoms with Gasteiger partial charge in [-0.05, 0) is 40.1 Å². The first-order valence-corrected chi connectivity index (χ1v) is 7.65. The number of phenolic OH excluding ortho intramolecular Hbond substituents is 1. The average molecular weight is 292 g/mol. The molecule has 1 aliphatic rings. The van der Waals surface area contributed by atoms with E-state index < -0.39 is 5.82 Å². The van der Waals surface area contributed by atoms with Crippen LogP contribution in [0.2, 0.25) is 0 Å². The van der Waals surface area contributed by atoms with E-state index in [9.17, 15) is 9.50 Å². The van der Waals surface area contributed by atoms with Crippen molar-refractivity contribution in [1.29, 1.82) is 0 Å². The Morgan fingerprint density at radius 1 is 1.20 bits per heavy atom. The number of halogens is 1. The summed E-state index contributed by atoms with van der Waals surface area (Å²) in [5.74, 6) is -0.851. The van der Waals surface area contributed by atoms with Crippen molar-refractivity contribution in [1.82, 2.24) is 10.2 Å². The zero-order valence-corrected chi connectivity index (χ0v) is 11.9. The number of piperazine rings is 1. The molecule has 1 fully saturated rings. The Labute approximate surface area is 121 Å². The summed E-state index contributed by atoms with van der Waals surface area (Å²) in [5.41, 5.74) is 2.07. The fraction of sp³-hybridized carbons (Fsp3) is 0.333. The summed E-state index contributed by atoms with van der Waals surface area (Å²) >= 11 is 1.65. The van der Waals surface area contributed by atoms with E-state index in [4.69, 9.17) is 0 Å². The number of nitrogens with one attached hydrogen (secondary N) is 1. The highest BCUT2D eigenvalue weighted by Gasteiger charge is 2.24. The van der Waals surface area contributed by atoms with Gasteiger partial charge in [-0.15, -0.1) is 0 Å². The molecule has 3 nitrogen and oxygen atoms in total. The molecular weight excluding hydrogens is 275 g/mol. The SMILES string of the molecule is Oc1ccc([C@H](c2ccsc2)N2CCNCC2)cc1F. The van der Waals surface area contributed by atoms with Gasteiger partial charge in [-0.1, -0.05) is 6.07 Å². The highest BCUT2D eigenvalue weighted by atomic mass is 32.1. The first-order chi connectivity index (χ1) is 9.75. The van der Waals surface area contributed by atoms with Crippen molar-refractivity contribution in [2.45, 2.75) is 6.04 Å². The van der Waals surface area contributed by atoms with Crippen LogP contribution < -0.4 is 5.32 Å². The minimum Gasteiger partial charge on any atom is -0.505 e. The maximum absolute atomic E-state index is 13.7. The minimum atomic E-state index is -0.558. The largest absolute Gasteiger partial charge is 0.505 e. The van der Waals surface area contributed by atoms with Gasteiger partial charge in [0.25, 0.3) is 0 Å². The van der Waals surface area contributed by atoms with Crippen LogP contribution in [0.4, 0.5) is 4.39 Å². The number of hydrogen-bond acceptors (Lipinski definition) is 4. The number of aromatic hydroxyl groups is 1. The van der Waals surface area contributed by atoms with Crippen LogP contribution in [0, 0.1) is 5.82 Å². The molecule has 5 heteroatoms. The van der Waals surface area contributed by atoms with E-state index in [1.165, 1.54) is 17.7 Å². The molecule has 0 aliphatic carbocycles. The Morgan fingerprint density at radius 3 is 2.65 bits per heavy atom. The van der Waals surface area contributed by atoms with E-state index in [1.807, 2.05) is 11.4 Å². The van der Waals surface area contributed by atoms with Crippen LogP contribution in [0.25, 0.3) is 0 Å². The van der Waals surface area contributed by atoms with Gasteiger partial charge in [0, 0.05) is 26.2 Å². The number of thiophene rings is 1. The zero-order chi connectivity index (χ0) is 13.9. The van der Waals surface area contributed by atoms with Gasteiger partial charge in [0.2, 0.25) is 0 Å². The molecule has 1 aliphatic heterocycles. The van der Waals surface area contributed by atoms with Crippen LogP contribution in [0.1, 0.15) is 17.2 Å². The van der Waals surface area contributed by atoms with Gasteiger partial charge in [-0.3, -0.25) is 4.90 Å². The number of nitrogens with zero attached hydrogens (tertiary/aromatic N) is 1. The maximum Gasteiger partial charge on any atom is 0.165 e. The van der Waals surface area contributed by atoms with E-state index in [-0.39, 0.29) is 11.8 Å². The van der Waals surface area contributed by atoms with Crippen molar-refractivity contribution in [3.63, 3.8) is 0 Å². The van der Waals surface area contributed by atoms with Gasteiger partial charge in [-0.25, -0.2) is 4.39 Å². The van der Waals surface area contributed by atoms with E-state index in [0.29, 0.717) is 0 Å². The lowest BCUT2D eigenvalue weighted by Crippen LogP contribution is -2.45. The second kappa shape index (κ2) is 5.91. The van der Waals surface area contributed by atoms with Gasteiger partial charge in [-0.2, -0.15) is 11.3 Å². The van der Waals surface area contributed by atoms with Crippen LogP contribution in [0.3, 0.4) is 0 Å². The Hall–Kier alpha value is -1.43. The number of hydrogen-bond donors (Lipinski definition) is 2. The molecule has 106 valence electrons. The zero-order valence-electron chi connectivity index (χ0n) is 11.1. The summed E-state index contributed by atoms with van der Waals surface area (Å²) in [4.78, 5) is 2.35. The summed E-state index contributed by atoms with van der Waals surface area (Å²) in [5, 5.41) is 16.9. The Bertz CT molecular complexity index is 567. The summed E-state index contributed by atoms with van der Waals surface area (Å²) in [6.45, 7) is 3.76. The summed E-state index contributed by atoms with van der Waals surface area (Å²) in [6, 6.07) is 6.83. The Morgan fingerprint density at radius 2 is 2.00 bits per heavy atom. The first kappa shape index (κ1) is 13.5. The first-order valence-electron chi connectivity index (χ1n) is 6.71. The highest BCUT2D eigenvalue weighted by Crippen LogP contribution is 2.32. The molecule has 0 amide bonds. The van der Waals surface area contributed by atoms with Gasteiger partial charge in [0.15, 0.2) is 11.6 Å². The van der Waals surface area contributed by atoms with E-state index in [1.54, 1.807) is 11.3 Å². The molecule has 0 spiro atoms. The molecule has 1 atom stereocenters. The molecule has 3 rings (SSSR count). The summed E-state index contributed by atoms with van der Waals surface area (Å²) in [7, 11) is 0. The van der Waals surface area contributed by atoms with Gasteiger partial charge >= 0.3 is 0 Å². The third kappa shape index (κ3) is 2.70. The predicted molar refractivity (Wildman–Crippen MR) is 78.7 cm³/mol. The van der Waals surface area contributed by atoms with Crippen molar-refractivity contribution in [3.05, 3.63) is 52.0 Å². The molecule has 2 aromatic rings. The van der Waals surface area contributed by atoms with Gasteiger partial charge in [0.05, 0.1) is 6.04 Å². The molecule has 2 N–H and O–H groups in total. The van der Waals surface area contributed by atoms with Crippen LogP contribution in [-0.2, 0) is 0 Å². The molecule has 1 aromatic carbocycles. The van der Waals surface area contributed by atoms with E-state index in [2.05, 4.69) is 21.7 Å². The van der Waals surface area contributed by atoms with Crippen molar-refractivity contribution in [2.75, 3.05) is 26.2 Å². The monoisotopic (exact) mass is 292 g/mol. The third-order valence-corrected chi connectivity index (χ3v) is 4.36. The van der Waals surface area contributed by atoms with Gasteiger partial charge in [0.1, 0.15) is 0 Å². The molecule has 1 saturated heterocycles. The standard InChI is InChI=1S/C15H17FN2OS/c16-13-9-11(1-2-14(13)19)15(12-3-8-20-10-12)18-6-4-17-5-7-18/h1-3,8-10,15,17,19H,4-7H2/t15-/m1/s1. The van der Waals surface area contributed by atoms with Crippen molar-refractivity contribution < 1.29 is 9.50 Å². The summed E-state index contributed by atoms with van der Waals surface area (Å²) < 4.78 is 13.7. The fourth-order valence-corrected chi connectivity index (χ4v) is 3.36. The fourth-order valence-electron chi connectivity index (χ4n) is 2.68. The molecule has 1 aromatic heterocycles. The van der Waals surface area contributed by atoms with Crippen LogP contribution >= 0.6 is 11.3 Å². The molecule has 0 unspecified atom stereocenters. The van der Waals surface area contributed by atoms with Crippen molar-refractivity contribution in [3.8, 4) is 5.75 Å². The lowest BCUT2D eigenvalue weighted by Gasteiger charge is -2.35. The van der Waals surface area contributed by atoms with Crippen molar-refractivity contribution in [2.24, 2.45) is 0 Å². The molecule has 0 saturated carbocycles. The highest BCUT2D eigenvalue weighted by molar-refractivity contribution is 7.08. The smallest absolute Gasteiger partial charge is 0.165 e. The van der Waals surface area contributed by atoms with Crippen LogP contribution in [0.15, 0.2) is 35.0 Å². The second-order valence-corrected chi connectivity index (χ2v) is 5.74. The number of rotatable bonds is 3. The Kier molecular flexibility index (Phi) is 4.00. The summed E-state index contributed by atoms with van der Waals surface area (Å²) in [6.07, 6.45) is 0. The van der Waals surface area contributed by atoms with Crippen LogP contribution in [-0.4, -0.2) is 36.2 Å².